The van der Waals surface area contributed by atoms with Crippen LogP contribution in [0.3, 0.4) is 0 Å². The number of halogens is 2. The van der Waals surface area contributed by atoms with Crippen LogP contribution in [0.2, 0.25) is 5.02 Å². The quantitative estimate of drug-likeness (QED) is 0.708. The maximum atomic E-state index is 13.2. The number of nitrogens with one attached hydrogen (secondary N) is 1. The Balaban J connectivity index is 1.76. The average molecular weight is 371 g/mol. The first-order valence-electron chi connectivity index (χ1n) is 7.99. The molecule has 3 rings (SSSR count). The number of para-hydroxylation sites is 1. The second kappa shape index (κ2) is 7.93. The van der Waals surface area contributed by atoms with Gasteiger partial charge in [-0.25, -0.2) is 14.4 Å². The molecule has 0 unspecified atom stereocenters. The molecular formula is C19H16ClFN4O. The van der Waals surface area contributed by atoms with Crippen LogP contribution in [0.15, 0.2) is 60.9 Å². The molecule has 2 aromatic carbocycles. The van der Waals surface area contributed by atoms with Crippen molar-refractivity contribution in [3.8, 4) is 0 Å². The van der Waals surface area contributed by atoms with Gasteiger partial charge in [0.1, 0.15) is 11.5 Å². The number of rotatable bonds is 5. The molecule has 7 heteroatoms. The average Bonchev–Trinajstić information content (AvgIpc) is 2.67. The Morgan fingerprint density at radius 1 is 1.15 bits per heavy atom. The topological polar surface area (TPSA) is 58.1 Å². The standard InChI is InChI=1S/C19H16ClFN4O/c1-2-25(14-6-4-3-5-7-14)18-12-22-17(11-23-18)19(26)24-13-8-9-16(21)15(20)10-13/h3-12H,2H2,1H3,(H,24,26). The van der Waals surface area contributed by atoms with Crippen LogP contribution in [-0.2, 0) is 0 Å². The van der Waals surface area contributed by atoms with Crippen LogP contribution < -0.4 is 10.2 Å². The smallest absolute Gasteiger partial charge is 0.275 e. The minimum atomic E-state index is -0.547. The summed E-state index contributed by atoms with van der Waals surface area (Å²) in [6, 6.07) is 13.7. The molecule has 0 aliphatic carbocycles. The van der Waals surface area contributed by atoms with Crippen molar-refractivity contribution in [3.05, 3.63) is 77.5 Å². The monoisotopic (exact) mass is 370 g/mol. The van der Waals surface area contributed by atoms with Crippen LogP contribution in [0.5, 0.6) is 0 Å². The molecule has 132 valence electrons. The van der Waals surface area contributed by atoms with Gasteiger partial charge in [-0.3, -0.25) is 4.79 Å². The largest absolute Gasteiger partial charge is 0.325 e. The van der Waals surface area contributed by atoms with Gasteiger partial charge in [-0.15, -0.1) is 0 Å². The maximum absolute atomic E-state index is 13.2. The summed E-state index contributed by atoms with van der Waals surface area (Å²) in [5.74, 6) is -0.357. The third-order valence-electron chi connectivity index (χ3n) is 3.71. The van der Waals surface area contributed by atoms with Crippen LogP contribution in [0.25, 0.3) is 0 Å². The second-order valence-corrected chi connectivity index (χ2v) is 5.83. The fraction of sp³-hybridized carbons (Fsp3) is 0.105. The summed E-state index contributed by atoms with van der Waals surface area (Å²) in [6.45, 7) is 2.71. The van der Waals surface area contributed by atoms with E-state index in [0.717, 1.165) is 5.69 Å². The SMILES string of the molecule is CCN(c1ccccc1)c1cnc(C(=O)Nc2ccc(F)c(Cl)c2)cn1. The Morgan fingerprint density at radius 2 is 1.92 bits per heavy atom. The molecule has 26 heavy (non-hydrogen) atoms. The van der Waals surface area contributed by atoms with E-state index >= 15 is 0 Å². The van der Waals surface area contributed by atoms with E-state index in [1.807, 2.05) is 42.2 Å². The summed E-state index contributed by atoms with van der Waals surface area (Å²) in [5.41, 5.74) is 1.52. The van der Waals surface area contributed by atoms with Crippen molar-refractivity contribution in [2.75, 3.05) is 16.8 Å². The van der Waals surface area contributed by atoms with Crippen LogP contribution in [0.1, 0.15) is 17.4 Å². The Hall–Kier alpha value is -2.99. The number of benzene rings is 2. The Bertz CT molecular complexity index is 903. The van der Waals surface area contributed by atoms with Crippen LogP contribution in [0.4, 0.5) is 21.6 Å². The summed E-state index contributed by atoms with van der Waals surface area (Å²) in [7, 11) is 0. The van der Waals surface area contributed by atoms with Crippen molar-refractivity contribution in [2.45, 2.75) is 6.92 Å². The Labute approximate surface area is 155 Å². The molecule has 0 aliphatic rings. The fourth-order valence-corrected chi connectivity index (χ4v) is 2.61. The number of carbonyl (C=O) groups excluding carboxylic acids is 1. The second-order valence-electron chi connectivity index (χ2n) is 5.42. The predicted molar refractivity (Wildman–Crippen MR) is 101 cm³/mol. The van der Waals surface area contributed by atoms with E-state index in [9.17, 15) is 9.18 Å². The summed E-state index contributed by atoms with van der Waals surface area (Å²) in [4.78, 5) is 22.8. The van der Waals surface area contributed by atoms with Gasteiger partial charge >= 0.3 is 0 Å². The van der Waals surface area contributed by atoms with Crippen molar-refractivity contribution in [1.82, 2.24) is 9.97 Å². The van der Waals surface area contributed by atoms with E-state index in [4.69, 9.17) is 11.6 Å². The zero-order valence-corrected chi connectivity index (χ0v) is 14.7. The molecule has 0 bridgehead atoms. The van der Waals surface area contributed by atoms with Crippen molar-refractivity contribution < 1.29 is 9.18 Å². The zero-order valence-electron chi connectivity index (χ0n) is 14.0. The highest BCUT2D eigenvalue weighted by molar-refractivity contribution is 6.31. The molecule has 1 amide bonds. The predicted octanol–water partition coefficient (Wildman–Crippen LogP) is 4.68. The first kappa shape index (κ1) is 17.8. The summed E-state index contributed by atoms with van der Waals surface area (Å²) >= 11 is 5.71. The number of carbonyl (C=O) groups is 1. The van der Waals surface area contributed by atoms with E-state index in [0.29, 0.717) is 18.1 Å². The molecule has 0 saturated heterocycles. The van der Waals surface area contributed by atoms with E-state index in [2.05, 4.69) is 15.3 Å². The van der Waals surface area contributed by atoms with E-state index in [1.165, 1.54) is 24.4 Å². The van der Waals surface area contributed by atoms with Gasteiger partial charge in [-0.2, -0.15) is 0 Å². The molecule has 0 saturated carbocycles. The van der Waals surface area contributed by atoms with Gasteiger partial charge in [0.05, 0.1) is 17.4 Å². The van der Waals surface area contributed by atoms with Crippen molar-refractivity contribution in [3.63, 3.8) is 0 Å². The van der Waals surface area contributed by atoms with Crippen molar-refractivity contribution in [1.29, 1.82) is 0 Å². The molecule has 5 nitrogen and oxygen atoms in total. The Morgan fingerprint density at radius 3 is 2.54 bits per heavy atom. The number of hydrogen-bond donors (Lipinski definition) is 1. The van der Waals surface area contributed by atoms with E-state index in [1.54, 1.807) is 6.20 Å². The lowest BCUT2D eigenvalue weighted by molar-refractivity contribution is 0.102. The molecule has 0 fully saturated rings. The van der Waals surface area contributed by atoms with E-state index < -0.39 is 11.7 Å². The van der Waals surface area contributed by atoms with Gasteiger partial charge in [-0.1, -0.05) is 29.8 Å². The molecule has 3 aromatic rings. The summed E-state index contributed by atoms with van der Waals surface area (Å²) < 4.78 is 13.2. The van der Waals surface area contributed by atoms with Gasteiger partial charge in [0.25, 0.3) is 5.91 Å². The summed E-state index contributed by atoms with van der Waals surface area (Å²) in [5, 5.41) is 2.55. The molecule has 0 atom stereocenters. The number of hydrogen-bond acceptors (Lipinski definition) is 4. The fourth-order valence-electron chi connectivity index (χ4n) is 2.43. The zero-order chi connectivity index (χ0) is 18.5. The number of amides is 1. The molecule has 1 N–H and O–H groups in total. The minimum Gasteiger partial charge on any atom is -0.325 e. The van der Waals surface area contributed by atoms with Gasteiger partial charge in [0.2, 0.25) is 0 Å². The third kappa shape index (κ3) is 3.97. The van der Waals surface area contributed by atoms with Crippen LogP contribution in [-0.4, -0.2) is 22.4 Å². The van der Waals surface area contributed by atoms with Crippen molar-refractivity contribution in [2.24, 2.45) is 0 Å². The summed E-state index contributed by atoms with van der Waals surface area (Å²) in [6.07, 6.45) is 2.95. The van der Waals surface area contributed by atoms with Gasteiger partial charge < -0.3 is 10.2 Å². The lowest BCUT2D eigenvalue weighted by Gasteiger charge is -2.21. The molecule has 0 aliphatic heterocycles. The molecule has 1 heterocycles. The molecule has 0 spiro atoms. The first-order valence-corrected chi connectivity index (χ1v) is 8.37. The first-order chi connectivity index (χ1) is 12.6. The normalized spacial score (nSPS) is 10.4. The maximum Gasteiger partial charge on any atom is 0.275 e. The highest BCUT2D eigenvalue weighted by Crippen LogP contribution is 2.22. The number of aromatic nitrogens is 2. The number of nitrogens with zero attached hydrogens (tertiary/aromatic N) is 3. The van der Waals surface area contributed by atoms with Gasteiger partial charge in [0, 0.05) is 17.9 Å². The molecule has 1 aromatic heterocycles. The van der Waals surface area contributed by atoms with Crippen LogP contribution in [0, 0.1) is 5.82 Å². The highest BCUT2D eigenvalue weighted by Gasteiger charge is 2.13. The van der Waals surface area contributed by atoms with Crippen molar-refractivity contribution >= 4 is 34.7 Å². The third-order valence-corrected chi connectivity index (χ3v) is 4.00. The van der Waals surface area contributed by atoms with Gasteiger partial charge in [-0.05, 0) is 37.3 Å². The lowest BCUT2D eigenvalue weighted by Crippen LogP contribution is -2.19. The minimum absolute atomic E-state index is 0.0642. The highest BCUT2D eigenvalue weighted by atomic mass is 35.5. The Kier molecular flexibility index (Phi) is 5.43. The molecular weight excluding hydrogens is 355 g/mol. The lowest BCUT2D eigenvalue weighted by atomic mass is 10.3. The van der Waals surface area contributed by atoms with E-state index in [-0.39, 0.29) is 10.7 Å². The molecule has 0 radical (unpaired) electrons. The van der Waals surface area contributed by atoms with Gasteiger partial charge in [0.15, 0.2) is 5.82 Å². The van der Waals surface area contributed by atoms with Crippen LogP contribution >= 0.6 is 11.6 Å². The number of anilines is 3.